The molecule has 0 unspecified atom stereocenters. The predicted octanol–water partition coefficient (Wildman–Crippen LogP) is 11.1. The van der Waals surface area contributed by atoms with Gasteiger partial charge in [0.2, 0.25) is 0 Å². The van der Waals surface area contributed by atoms with E-state index in [1.165, 1.54) is 88.4 Å². The Morgan fingerprint density at radius 3 is 1.60 bits per heavy atom. The third-order valence-electron chi connectivity index (χ3n) is 9.74. The van der Waals surface area contributed by atoms with E-state index in [0.29, 0.717) is 0 Å². The van der Waals surface area contributed by atoms with E-state index < -0.39 is 0 Å². The summed E-state index contributed by atoms with van der Waals surface area (Å²) in [6.45, 7) is 0. The lowest BCUT2D eigenvalue weighted by molar-refractivity contribution is 1.16. The van der Waals surface area contributed by atoms with Crippen molar-refractivity contribution in [3.05, 3.63) is 169 Å². The molecule has 0 aliphatic heterocycles. The van der Waals surface area contributed by atoms with E-state index in [1.54, 1.807) is 0 Å². The number of para-hydroxylation sites is 2. The first-order valence-corrected chi connectivity index (χ1v) is 15.7. The zero-order valence-corrected chi connectivity index (χ0v) is 24.6. The zero-order chi connectivity index (χ0) is 29.5. The maximum absolute atomic E-state index is 2.47. The van der Waals surface area contributed by atoms with E-state index in [4.69, 9.17) is 0 Å². The van der Waals surface area contributed by atoms with Gasteiger partial charge in [-0.05, 0) is 88.3 Å². The van der Waals surface area contributed by atoms with Gasteiger partial charge in [0.05, 0.1) is 22.1 Å². The van der Waals surface area contributed by atoms with Gasteiger partial charge in [0, 0.05) is 32.9 Å². The normalized spacial score (nSPS) is 12.4. The average molecular weight is 573 g/mol. The molecule has 1 aliphatic carbocycles. The van der Waals surface area contributed by atoms with E-state index in [9.17, 15) is 0 Å². The summed E-state index contributed by atoms with van der Waals surface area (Å²) in [6, 6.07) is 57.8. The lowest BCUT2D eigenvalue weighted by Gasteiger charge is -2.11. The molecular formula is C43H28N2. The molecule has 0 fully saturated rings. The van der Waals surface area contributed by atoms with Crippen molar-refractivity contribution in [2.45, 2.75) is 6.42 Å². The summed E-state index contributed by atoms with van der Waals surface area (Å²) in [7, 11) is 0. The van der Waals surface area contributed by atoms with E-state index in [-0.39, 0.29) is 0 Å². The fourth-order valence-electron chi connectivity index (χ4n) is 7.78. The molecule has 9 aromatic rings. The van der Waals surface area contributed by atoms with Gasteiger partial charge in [-0.3, -0.25) is 0 Å². The highest BCUT2D eigenvalue weighted by molar-refractivity contribution is 6.28. The summed E-state index contributed by atoms with van der Waals surface area (Å²) in [4.78, 5) is 0. The Bertz CT molecular complexity index is 2600. The zero-order valence-electron chi connectivity index (χ0n) is 24.6. The van der Waals surface area contributed by atoms with Crippen molar-refractivity contribution in [3.63, 3.8) is 0 Å². The molecule has 10 rings (SSSR count). The van der Waals surface area contributed by atoms with Gasteiger partial charge in [0.1, 0.15) is 0 Å². The Balaban J connectivity index is 1.23. The smallest absolute Gasteiger partial charge is 0.0548 e. The summed E-state index contributed by atoms with van der Waals surface area (Å²) in [6.07, 6.45) is 0.983. The van der Waals surface area contributed by atoms with Gasteiger partial charge < -0.3 is 9.13 Å². The third-order valence-corrected chi connectivity index (χ3v) is 9.74. The van der Waals surface area contributed by atoms with Gasteiger partial charge in [0.25, 0.3) is 0 Å². The molecule has 2 heteroatoms. The number of rotatable bonds is 3. The highest BCUT2D eigenvalue weighted by atomic mass is 15.0. The van der Waals surface area contributed by atoms with Crippen molar-refractivity contribution in [3.8, 4) is 33.6 Å². The fourth-order valence-corrected chi connectivity index (χ4v) is 7.78. The molecule has 1 aliphatic rings. The molecule has 45 heavy (non-hydrogen) atoms. The number of nitrogens with zero attached hydrogens (tertiary/aromatic N) is 2. The topological polar surface area (TPSA) is 9.86 Å². The van der Waals surface area contributed by atoms with Crippen LogP contribution in [0.5, 0.6) is 0 Å². The second-order valence-corrected chi connectivity index (χ2v) is 12.1. The van der Waals surface area contributed by atoms with Crippen LogP contribution in [0.4, 0.5) is 0 Å². The van der Waals surface area contributed by atoms with Crippen molar-refractivity contribution >= 4 is 43.6 Å². The second-order valence-electron chi connectivity index (χ2n) is 12.1. The molecule has 2 aromatic heterocycles. The molecular weight excluding hydrogens is 544 g/mol. The van der Waals surface area contributed by atoms with E-state index >= 15 is 0 Å². The fraction of sp³-hybridized carbons (Fsp3) is 0.0233. The Morgan fingerprint density at radius 1 is 0.356 bits per heavy atom. The molecule has 2 nitrogen and oxygen atoms in total. The van der Waals surface area contributed by atoms with Crippen LogP contribution >= 0.6 is 0 Å². The van der Waals surface area contributed by atoms with Gasteiger partial charge in [-0.25, -0.2) is 0 Å². The molecule has 2 heterocycles. The lowest BCUT2D eigenvalue weighted by Crippen LogP contribution is -1.96. The highest BCUT2D eigenvalue weighted by Gasteiger charge is 2.22. The van der Waals surface area contributed by atoms with E-state index in [2.05, 4.69) is 167 Å². The molecule has 0 radical (unpaired) electrons. The molecule has 0 saturated heterocycles. The Labute approximate surface area is 261 Å². The van der Waals surface area contributed by atoms with Crippen molar-refractivity contribution in [2.24, 2.45) is 0 Å². The largest absolute Gasteiger partial charge is 0.309 e. The molecule has 0 bridgehead atoms. The molecule has 210 valence electrons. The van der Waals surface area contributed by atoms with Crippen LogP contribution in [0.3, 0.4) is 0 Å². The number of fused-ring (bicyclic) bond motifs is 10. The first kappa shape index (κ1) is 24.6. The standard InChI is InChI=1S/C43H28N2/c1-2-10-28(11-3-1)29-18-20-32(21-19-29)44-38-16-8-6-14-36(38)42-40(44)24-25-41-43(42)37-15-7-9-17-39(37)45(41)33-22-23-35-31(27-33)26-30-12-4-5-13-34(30)35/h1-25,27H,26H2. The van der Waals surface area contributed by atoms with Gasteiger partial charge in [-0.1, -0.05) is 109 Å². The number of hydrogen-bond acceptors (Lipinski definition) is 0. The minimum atomic E-state index is 0.983. The maximum Gasteiger partial charge on any atom is 0.0548 e. The van der Waals surface area contributed by atoms with Crippen molar-refractivity contribution < 1.29 is 0 Å². The van der Waals surface area contributed by atoms with Crippen LogP contribution in [-0.4, -0.2) is 9.13 Å². The SMILES string of the molecule is c1ccc(-c2ccc(-n3c4ccccc4c4c5c6ccccc6n(-c6ccc7c(c6)Cc6ccccc6-7)c5ccc43)cc2)cc1. The van der Waals surface area contributed by atoms with Crippen LogP contribution in [-0.2, 0) is 6.42 Å². The summed E-state index contributed by atoms with van der Waals surface area (Å²) in [5, 5.41) is 5.17. The van der Waals surface area contributed by atoms with Gasteiger partial charge in [-0.15, -0.1) is 0 Å². The second kappa shape index (κ2) is 9.32. The Morgan fingerprint density at radius 2 is 0.889 bits per heavy atom. The van der Waals surface area contributed by atoms with Crippen molar-refractivity contribution in [1.82, 2.24) is 9.13 Å². The van der Waals surface area contributed by atoms with E-state index in [0.717, 1.165) is 6.42 Å². The quantitative estimate of drug-likeness (QED) is 0.199. The summed E-state index contributed by atoms with van der Waals surface area (Å²) < 4.78 is 4.89. The minimum absolute atomic E-state index is 0.983. The van der Waals surface area contributed by atoms with Crippen LogP contribution in [0.1, 0.15) is 11.1 Å². The van der Waals surface area contributed by atoms with Crippen molar-refractivity contribution in [1.29, 1.82) is 0 Å². The van der Waals surface area contributed by atoms with Crippen LogP contribution in [0, 0.1) is 0 Å². The maximum atomic E-state index is 2.47. The van der Waals surface area contributed by atoms with E-state index in [1.807, 2.05) is 0 Å². The van der Waals surface area contributed by atoms with Crippen LogP contribution in [0.2, 0.25) is 0 Å². The average Bonchev–Trinajstić information content (AvgIpc) is 3.76. The monoisotopic (exact) mass is 572 g/mol. The lowest BCUT2D eigenvalue weighted by atomic mass is 10.0. The first-order valence-electron chi connectivity index (χ1n) is 15.7. The van der Waals surface area contributed by atoms with Gasteiger partial charge in [-0.2, -0.15) is 0 Å². The Hall–Kier alpha value is -5.86. The van der Waals surface area contributed by atoms with Crippen LogP contribution in [0.15, 0.2) is 158 Å². The first-order chi connectivity index (χ1) is 22.3. The number of benzene rings is 7. The minimum Gasteiger partial charge on any atom is -0.309 e. The number of aromatic nitrogens is 2. The van der Waals surface area contributed by atoms with Crippen LogP contribution < -0.4 is 0 Å². The van der Waals surface area contributed by atoms with Crippen molar-refractivity contribution in [2.75, 3.05) is 0 Å². The highest BCUT2D eigenvalue weighted by Crippen LogP contribution is 2.43. The van der Waals surface area contributed by atoms with Crippen LogP contribution in [0.25, 0.3) is 77.2 Å². The molecule has 0 atom stereocenters. The summed E-state index contributed by atoms with van der Waals surface area (Å²) in [5.41, 5.74) is 15.3. The Kier molecular flexibility index (Phi) is 5.09. The molecule has 0 saturated carbocycles. The molecule has 0 spiro atoms. The molecule has 7 aromatic carbocycles. The van der Waals surface area contributed by atoms with Gasteiger partial charge >= 0.3 is 0 Å². The number of hydrogen-bond donors (Lipinski definition) is 0. The summed E-state index contributed by atoms with van der Waals surface area (Å²) in [5.74, 6) is 0. The third kappa shape index (κ3) is 3.51. The molecule has 0 N–H and O–H groups in total. The summed E-state index contributed by atoms with van der Waals surface area (Å²) >= 11 is 0. The van der Waals surface area contributed by atoms with Gasteiger partial charge in [0.15, 0.2) is 0 Å². The molecule has 0 amide bonds. The predicted molar refractivity (Wildman–Crippen MR) is 189 cm³/mol.